The third-order valence-electron chi connectivity index (χ3n) is 2.44. The highest BCUT2D eigenvalue weighted by atomic mass is 19.4. The molecule has 0 bridgehead atoms. The summed E-state index contributed by atoms with van der Waals surface area (Å²) in [4.78, 5) is 13.2. The molecule has 0 aliphatic rings. The van der Waals surface area contributed by atoms with Gasteiger partial charge in [0.15, 0.2) is 0 Å². The number of hydrogen-bond acceptors (Lipinski definition) is 1. The van der Waals surface area contributed by atoms with Crippen LogP contribution in [0.1, 0.15) is 18.2 Å². The topological polar surface area (TPSA) is 32.9 Å². The Bertz CT molecular complexity index is 569. The molecule has 0 radical (unpaired) electrons. The van der Waals surface area contributed by atoms with Crippen LogP contribution in [0, 0.1) is 0 Å². The number of fused-ring (bicyclic) bond motifs is 1. The highest BCUT2D eigenvalue weighted by molar-refractivity contribution is 5.84. The molecule has 1 aromatic carbocycles. The Morgan fingerprint density at radius 1 is 1.29 bits per heavy atom. The molecule has 2 aromatic rings. The van der Waals surface area contributed by atoms with Crippen molar-refractivity contribution in [1.29, 1.82) is 0 Å². The summed E-state index contributed by atoms with van der Waals surface area (Å²) in [5.41, 5.74) is 0.370. The zero-order valence-electron chi connectivity index (χ0n) is 9.06. The number of carbonyl (C=O) groups excluding carboxylic acids is 1. The summed E-state index contributed by atoms with van der Waals surface area (Å²) in [7, 11) is 0. The number of carbonyl (C=O) groups is 1. The van der Waals surface area contributed by atoms with Crippen LogP contribution < -0.4 is 0 Å². The zero-order chi connectivity index (χ0) is 12.6. The van der Waals surface area contributed by atoms with E-state index in [1.165, 1.54) is 6.92 Å². The maximum atomic E-state index is 12.5. The molecule has 5 heteroatoms. The van der Waals surface area contributed by atoms with E-state index in [9.17, 15) is 18.0 Å². The lowest BCUT2D eigenvalue weighted by atomic mass is 10.1. The molecule has 1 aromatic heterocycles. The van der Waals surface area contributed by atoms with Crippen LogP contribution in [0.25, 0.3) is 10.9 Å². The van der Waals surface area contributed by atoms with Crippen molar-refractivity contribution >= 4 is 16.7 Å². The number of Topliss-reactive ketones (excluding diaryl/α,β-unsaturated/α-hetero) is 1. The number of halogens is 3. The Hall–Kier alpha value is -1.78. The van der Waals surface area contributed by atoms with E-state index in [-0.39, 0.29) is 12.2 Å². The molecule has 0 fully saturated rings. The van der Waals surface area contributed by atoms with E-state index in [1.54, 1.807) is 18.2 Å². The highest BCUT2D eigenvalue weighted by Crippen LogP contribution is 2.31. The number of benzene rings is 1. The standard InChI is InChI=1S/C12H10F3NO/c1-7(17)4-8-2-3-10-9(5-8)6-11(16-10)12(13,14)15/h2-3,5-6,16H,4H2,1H3. The van der Waals surface area contributed by atoms with Crippen molar-refractivity contribution in [2.24, 2.45) is 0 Å². The minimum atomic E-state index is -4.38. The van der Waals surface area contributed by atoms with Crippen molar-refractivity contribution in [3.05, 3.63) is 35.5 Å². The average Bonchev–Trinajstić information content (AvgIpc) is 2.58. The third kappa shape index (κ3) is 2.49. The number of H-pyrrole nitrogens is 1. The van der Waals surface area contributed by atoms with Crippen molar-refractivity contribution < 1.29 is 18.0 Å². The Kier molecular flexibility index (Phi) is 2.69. The lowest BCUT2D eigenvalue weighted by molar-refractivity contribution is -0.140. The minimum Gasteiger partial charge on any atom is -0.351 e. The summed E-state index contributed by atoms with van der Waals surface area (Å²) in [5, 5.41) is 0.469. The summed E-state index contributed by atoms with van der Waals surface area (Å²) in [5.74, 6) is -0.0177. The van der Waals surface area contributed by atoms with Crippen LogP contribution in [0.5, 0.6) is 0 Å². The van der Waals surface area contributed by atoms with Crippen LogP contribution >= 0.6 is 0 Å². The van der Waals surface area contributed by atoms with E-state index in [4.69, 9.17) is 0 Å². The molecule has 0 saturated heterocycles. The van der Waals surface area contributed by atoms with Crippen LogP contribution in [0.2, 0.25) is 0 Å². The monoisotopic (exact) mass is 241 g/mol. The number of rotatable bonds is 2. The second-order valence-corrected chi connectivity index (χ2v) is 3.98. The van der Waals surface area contributed by atoms with Crippen LogP contribution in [-0.4, -0.2) is 10.8 Å². The number of ketones is 1. The number of nitrogens with one attached hydrogen (secondary N) is 1. The Balaban J connectivity index is 2.44. The van der Waals surface area contributed by atoms with Gasteiger partial charge in [0.05, 0.1) is 0 Å². The molecular weight excluding hydrogens is 231 g/mol. The molecule has 1 heterocycles. The normalized spacial score (nSPS) is 12.0. The van der Waals surface area contributed by atoms with Crippen LogP contribution in [0.4, 0.5) is 13.2 Å². The predicted octanol–water partition coefficient (Wildman–Crippen LogP) is 3.32. The quantitative estimate of drug-likeness (QED) is 0.859. The van der Waals surface area contributed by atoms with Gasteiger partial charge in [-0.15, -0.1) is 0 Å². The molecule has 2 nitrogen and oxygen atoms in total. The first-order chi connectivity index (χ1) is 7.86. The van der Waals surface area contributed by atoms with Gasteiger partial charge in [0.1, 0.15) is 11.5 Å². The van der Waals surface area contributed by atoms with E-state index in [0.717, 1.165) is 11.6 Å². The van der Waals surface area contributed by atoms with Crippen molar-refractivity contribution in [2.45, 2.75) is 19.5 Å². The first kappa shape index (κ1) is 11.7. The molecule has 0 amide bonds. The van der Waals surface area contributed by atoms with Gasteiger partial charge in [-0.2, -0.15) is 13.2 Å². The molecule has 0 spiro atoms. The molecule has 0 saturated carbocycles. The van der Waals surface area contributed by atoms with E-state index in [2.05, 4.69) is 4.98 Å². The first-order valence-electron chi connectivity index (χ1n) is 5.04. The molecule has 90 valence electrons. The summed E-state index contributed by atoms with van der Waals surface area (Å²) >= 11 is 0. The van der Waals surface area contributed by atoms with E-state index in [1.807, 2.05) is 0 Å². The molecule has 0 unspecified atom stereocenters. The molecule has 1 N–H and O–H groups in total. The molecule has 2 rings (SSSR count). The second kappa shape index (κ2) is 3.91. The molecule has 0 aliphatic carbocycles. The Labute approximate surface area is 95.4 Å². The van der Waals surface area contributed by atoms with Crippen molar-refractivity contribution in [1.82, 2.24) is 4.98 Å². The van der Waals surface area contributed by atoms with Gasteiger partial charge in [-0.3, -0.25) is 4.79 Å². The fourth-order valence-electron chi connectivity index (χ4n) is 1.73. The van der Waals surface area contributed by atoms with Gasteiger partial charge in [0, 0.05) is 17.3 Å². The number of alkyl halides is 3. The molecule has 0 atom stereocenters. The maximum Gasteiger partial charge on any atom is 0.431 e. The summed E-state index contributed by atoms with van der Waals surface area (Å²) in [6.07, 6.45) is -4.14. The summed E-state index contributed by atoms with van der Waals surface area (Å²) < 4.78 is 37.4. The smallest absolute Gasteiger partial charge is 0.351 e. The van der Waals surface area contributed by atoms with Gasteiger partial charge >= 0.3 is 6.18 Å². The summed E-state index contributed by atoms with van der Waals surface area (Å²) in [6.45, 7) is 1.45. The molecule has 17 heavy (non-hydrogen) atoms. The Morgan fingerprint density at radius 2 is 2.00 bits per heavy atom. The summed E-state index contributed by atoms with van der Waals surface area (Å²) in [6, 6.07) is 5.87. The fourth-order valence-corrected chi connectivity index (χ4v) is 1.73. The lowest BCUT2D eigenvalue weighted by Gasteiger charge is -2.00. The fraction of sp³-hybridized carbons (Fsp3) is 0.250. The van der Waals surface area contributed by atoms with Crippen LogP contribution in [0.3, 0.4) is 0 Å². The van der Waals surface area contributed by atoms with Gasteiger partial charge < -0.3 is 4.98 Å². The molecular formula is C12H10F3NO. The van der Waals surface area contributed by atoms with Crippen LogP contribution in [-0.2, 0) is 17.4 Å². The zero-order valence-corrected chi connectivity index (χ0v) is 9.06. The van der Waals surface area contributed by atoms with Gasteiger partial charge in [-0.25, -0.2) is 0 Å². The van der Waals surface area contributed by atoms with Gasteiger partial charge in [-0.05, 0) is 30.7 Å². The van der Waals surface area contributed by atoms with Crippen LogP contribution in [0.15, 0.2) is 24.3 Å². The second-order valence-electron chi connectivity index (χ2n) is 3.98. The van der Waals surface area contributed by atoms with Crippen molar-refractivity contribution in [3.8, 4) is 0 Å². The minimum absolute atomic E-state index is 0.0177. The maximum absolute atomic E-state index is 12.5. The van der Waals surface area contributed by atoms with E-state index < -0.39 is 11.9 Å². The van der Waals surface area contributed by atoms with Crippen molar-refractivity contribution in [2.75, 3.05) is 0 Å². The average molecular weight is 241 g/mol. The first-order valence-corrected chi connectivity index (χ1v) is 5.04. The number of aromatic nitrogens is 1. The predicted molar refractivity (Wildman–Crippen MR) is 57.7 cm³/mol. The van der Waals surface area contributed by atoms with Gasteiger partial charge in [0.2, 0.25) is 0 Å². The number of aromatic amines is 1. The third-order valence-corrected chi connectivity index (χ3v) is 2.44. The largest absolute Gasteiger partial charge is 0.431 e. The van der Waals surface area contributed by atoms with E-state index >= 15 is 0 Å². The van der Waals surface area contributed by atoms with Gasteiger partial charge in [0.25, 0.3) is 0 Å². The van der Waals surface area contributed by atoms with Crippen molar-refractivity contribution in [3.63, 3.8) is 0 Å². The number of hydrogen-bond donors (Lipinski definition) is 1. The Morgan fingerprint density at radius 3 is 2.59 bits per heavy atom. The molecule has 0 aliphatic heterocycles. The highest BCUT2D eigenvalue weighted by Gasteiger charge is 2.32. The van der Waals surface area contributed by atoms with E-state index in [0.29, 0.717) is 10.9 Å². The lowest BCUT2D eigenvalue weighted by Crippen LogP contribution is -2.04. The SMILES string of the molecule is CC(=O)Cc1ccc2[nH]c(C(F)(F)F)cc2c1. The van der Waals surface area contributed by atoms with Gasteiger partial charge in [-0.1, -0.05) is 6.07 Å².